The van der Waals surface area contributed by atoms with Crippen LogP contribution in [0.15, 0.2) is 10.2 Å². The summed E-state index contributed by atoms with van der Waals surface area (Å²) in [5.74, 6) is -1.39. The molecule has 12 nitrogen and oxygen atoms in total. The molecule has 0 aromatic heterocycles. The highest BCUT2D eigenvalue weighted by atomic mass is 32.1. The van der Waals surface area contributed by atoms with Crippen LogP contribution in [0.5, 0.6) is 0 Å². The smallest absolute Gasteiger partial charge is 0.318 e. The highest BCUT2D eigenvalue weighted by Crippen LogP contribution is 2.21. The molecule has 0 N–H and O–H groups in total. The van der Waals surface area contributed by atoms with Gasteiger partial charge in [0.25, 0.3) is 0 Å². The molecule has 0 fully saturated rings. The fourth-order valence-corrected chi connectivity index (χ4v) is 2.18. The number of hydrogen-bond acceptors (Lipinski definition) is 9. The highest BCUT2D eigenvalue weighted by Gasteiger charge is 2.38. The van der Waals surface area contributed by atoms with Gasteiger partial charge in [0.2, 0.25) is 0 Å². The molecule has 0 unspecified atom stereocenters. The van der Waals surface area contributed by atoms with Gasteiger partial charge in [-0.3, -0.25) is 14.4 Å². The Bertz CT molecular complexity index is 607. The first-order valence-corrected chi connectivity index (χ1v) is 10.1. The summed E-state index contributed by atoms with van der Waals surface area (Å²) in [4.78, 5) is 41.4. The lowest BCUT2D eigenvalue weighted by atomic mass is 9.93. The number of carbonyl (C=O) groups is 3. The van der Waals surface area contributed by atoms with Crippen LogP contribution in [0, 0.1) is 5.41 Å². The van der Waals surface area contributed by atoms with Gasteiger partial charge in [-0.05, 0) is 43.7 Å². The van der Waals surface area contributed by atoms with E-state index in [0.29, 0.717) is 31.4 Å². The standard InChI is InChI=1S/C17H28N6O6S/c1-17(16(26)27-10-11-30,12-28-14(24)6-2-4-8-20-22-18)13-29-15(25)7-3-5-9-21-23-19/h30H,2-13H2,1H3. The first-order valence-electron chi connectivity index (χ1n) is 9.50. The third-order valence-corrected chi connectivity index (χ3v) is 4.01. The minimum Gasteiger partial charge on any atom is -0.464 e. The van der Waals surface area contributed by atoms with Gasteiger partial charge in [0.1, 0.15) is 25.2 Å². The van der Waals surface area contributed by atoms with Crippen LogP contribution >= 0.6 is 12.6 Å². The van der Waals surface area contributed by atoms with Crippen molar-refractivity contribution in [3.05, 3.63) is 20.9 Å². The summed E-state index contributed by atoms with van der Waals surface area (Å²) in [6.07, 6.45) is 2.24. The topological polar surface area (TPSA) is 176 Å². The van der Waals surface area contributed by atoms with E-state index >= 15 is 0 Å². The zero-order chi connectivity index (χ0) is 22.7. The minimum absolute atomic E-state index is 0.0677. The second-order valence-electron chi connectivity index (χ2n) is 6.56. The molecule has 0 amide bonds. The van der Waals surface area contributed by atoms with Crippen molar-refractivity contribution in [2.24, 2.45) is 15.6 Å². The zero-order valence-corrected chi connectivity index (χ0v) is 18.0. The lowest BCUT2D eigenvalue weighted by Gasteiger charge is -2.26. The molecule has 0 spiro atoms. The molecule has 0 aromatic rings. The van der Waals surface area contributed by atoms with E-state index < -0.39 is 23.3 Å². The fourth-order valence-electron chi connectivity index (χ4n) is 2.09. The fraction of sp³-hybridized carbons (Fsp3) is 0.824. The van der Waals surface area contributed by atoms with Gasteiger partial charge in [-0.25, -0.2) is 0 Å². The number of hydrogen-bond donors (Lipinski definition) is 1. The van der Waals surface area contributed by atoms with Gasteiger partial charge < -0.3 is 14.2 Å². The second kappa shape index (κ2) is 17.3. The van der Waals surface area contributed by atoms with Crippen LogP contribution in [0.3, 0.4) is 0 Å². The molecule has 0 saturated carbocycles. The molecule has 0 aliphatic carbocycles. The van der Waals surface area contributed by atoms with Gasteiger partial charge in [-0.1, -0.05) is 10.2 Å². The molecule has 0 aromatic carbocycles. The summed E-state index contributed by atoms with van der Waals surface area (Å²) < 4.78 is 15.4. The molecule has 0 radical (unpaired) electrons. The van der Waals surface area contributed by atoms with Crippen molar-refractivity contribution in [3.8, 4) is 0 Å². The first kappa shape index (κ1) is 27.4. The van der Waals surface area contributed by atoms with Crippen molar-refractivity contribution < 1.29 is 28.6 Å². The van der Waals surface area contributed by atoms with Gasteiger partial charge in [-0.15, -0.1) is 0 Å². The SMILES string of the molecule is CC(COC(=O)CCCCN=[N+]=[N-])(COC(=O)CCCCN=[N+]=[N-])C(=O)OCCS. The Morgan fingerprint density at radius 3 is 1.73 bits per heavy atom. The maximum Gasteiger partial charge on any atom is 0.318 e. The third-order valence-electron chi connectivity index (χ3n) is 3.83. The highest BCUT2D eigenvalue weighted by molar-refractivity contribution is 7.80. The van der Waals surface area contributed by atoms with Crippen LogP contribution in [-0.4, -0.2) is 56.6 Å². The van der Waals surface area contributed by atoms with E-state index in [9.17, 15) is 14.4 Å². The number of thiol groups is 1. The first-order chi connectivity index (χ1) is 14.4. The van der Waals surface area contributed by atoms with Crippen molar-refractivity contribution in [2.45, 2.75) is 45.4 Å². The van der Waals surface area contributed by atoms with Gasteiger partial charge >= 0.3 is 17.9 Å². The largest absolute Gasteiger partial charge is 0.464 e. The van der Waals surface area contributed by atoms with E-state index in [4.69, 9.17) is 25.3 Å². The average molecular weight is 445 g/mol. The van der Waals surface area contributed by atoms with Crippen molar-refractivity contribution >= 4 is 30.5 Å². The number of unbranched alkanes of at least 4 members (excludes halogenated alkanes) is 2. The van der Waals surface area contributed by atoms with Crippen molar-refractivity contribution in [2.75, 3.05) is 38.7 Å². The number of ether oxygens (including phenoxy) is 3. The summed E-state index contributed by atoms with van der Waals surface area (Å²) in [6.45, 7) is 1.51. The van der Waals surface area contributed by atoms with Crippen molar-refractivity contribution in [1.82, 2.24) is 0 Å². The predicted molar refractivity (Wildman–Crippen MR) is 111 cm³/mol. The number of azide groups is 2. The summed E-state index contributed by atoms with van der Waals surface area (Å²) in [7, 11) is 0. The van der Waals surface area contributed by atoms with E-state index in [1.807, 2.05) is 0 Å². The normalized spacial score (nSPS) is 11.9. The van der Waals surface area contributed by atoms with Crippen LogP contribution in [0.2, 0.25) is 0 Å². The molecular weight excluding hydrogens is 416 g/mol. The Balaban J connectivity index is 4.59. The number of rotatable bonds is 17. The molecule has 0 atom stereocenters. The number of nitrogens with zero attached hydrogens (tertiary/aromatic N) is 6. The molecule has 0 aliphatic heterocycles. The van der Waals surface area contributed by atoms with E-state index in [0.717, 1.165) is 0 Å². The number of esters is 3. The van der Waals surface area contributed by atoms with Gasteiger partial charge in [0.05, 0.1) is 0 Å². The molecule has 0 aliphatic rings. The Kier molecular flexibility index (Phi) is 15.7. The zero-order valence-electron chi connectivity index (χ0n) is 17.1. The predicted octanol–water partition coefficient (Wildman–Crippen LogP) is 3.51. The van der Waals surface area contributed by atoms with Gasteiger partial charge in [0, 0.05) is 41.5 Å². The lowest BCUT2D eigenvalue weighted by molar-refractivity contribution is -0.169. The quantitative estimate of drug-likeness (QED) is 0.0682. The van der Waals surface area contributed by atoms with E-state index in [2.05, 4.69) is 32.7 Å². The van der Waals surface area contributed by atoms with E-state index in [1.54, 1.807) is 0 Å². The summed E-state index contributed by atoms with van der Waals surface area (Å²) in [5, 5.41) is 6.75. The Morgan fingerprint density at radius 2 is 1.33 bits per heavy atom. The maximum atomic E-state index is 12.4. The van der Waals surface area contributed by atoms with Crippen LogP contribution in [0.4, 0.5) is 0 Å². The van der Waals surface area contributed by atoms with Crippen LogP contribution < -0.4 is 0 Å². The average Bonchev–Trinajstić information content (AvgIpc) is 2.74. The monoisotopic (exact) mass is 444 g/mol. The maximum absolute atomic E-state index is 12.4. The molecule has 168 valence electrons. The molecule has 0 heterocycles. The molecule has 0 bridgehead atoms. The summed E-state index contributed by atoms with van der Waals surface area (Å²) in [5.41, 5.74) is 15.0. The Hall–Kier alpha value is -2.62. The Labute approximate surface area is 180 Å². The molecule has 0 rings (SSSR count). The molecule has 0 saturated heterocycles. The van der Waals surface area contributed by atoms with Crippen LogP contribution in [-0.2, 0) is 28.6 Å². The Morgan fingerprint density at radius 1 is 0.867 bits per heavy atom. The van der Waals surface area contributed by atoms with Crippen LogP contribution in [0.1, 0.15) is 45.4 Å². The lowest BCUT2D eigenvalue weighted by Crippen LogP contribution is -2.40. The molecule has 13 heteroatoms. The van der Waals surface area contributed by atoms with Crippen molar-refractivity contribution in [3.63, 3.8) is 0 Å². The second-order valence-corrected chi connectivity index (χ2v) is 7.01. The summed E-state index contributed by atoms with van der Waals surface area (Å²) in [6, 6.07) is 0. The third kappa shape index (κ3) is 13.5. The number of carbonyl (C=O) groups excluding carboxylic acids is 3. The van der Waals surface area contributed by atoms with Gasteiger partial charge in [0.15, 0.2) is 0 Å². The van der Waals surface area contributed by atoms with Gasteiger partial charge in [-0.2, -0.15) is 12.6 Å². The minimum atomic E-state index is -1.36. The van der Waals surface area contributed by atoms with E-state index in [1.165, 1.54) is 6.92 Å². The summed E-state index contributed by atoms with van der Waals surface area (Å²) >= 11 is 3.98. The van der Waals surface area contributed by atoms with Crippen molar-refractivity contribution in [1.29, 1.82) is 0 Å². The molecule has 30 heavy (non-hydrogen) atoms. The molecular formula is C17H28N6O6S. The van der Waals surface area contributed by atoms with Crippen LogP contribution in [0.25, 0.3) is 20.9 Å². The van der Waals surface area contributed by atoms with E-state index in [-0.39, 0.29) is 45.8 Å².